The van der Waals surface area contributed by atoms with Crippen molar-refractivity contribution in [1.29, 1.82) is 0 Å². The van der Waals surface area contributed by atoms with Crippen LogP contribution in [0.1, 0.15) is 37.9 Å². The third-order valence-corrected chi connectivity index (χ3v) is 3.86. The molecule has 0 amide bonds. The number of aromatic nitrogens is 2. The van der Waals surface area contributed by atoms with Crippen molar-refractivity contribution in [2.24, 2.45) is 7.05 Å². The number of anilines is 1. The number of hydrogen-bond donors (Lipinski definition) is 2. The molecule has 0 radical (unpaired) electrons. The van der Waals surface area contributed by atoms with E-state index in [1.54, 1.807) is 0 Å². The molecule has 1 unspecified atom stereocenters. The second-order valence-electron chi connectivity index (χ2n) is 5.72. The van der Waals surface area contributed by atoms with Crippen molar-refractivity contribution in [2.75, 3.05) is 18.1 Å². The van der Waals surface area contributed by atoms with E-state index in [-0.39, 0.29) is 12.6 Å². The predicted molar refractivity (Wildman–Crippen MR) is 77.4 cm³/mol. The maximum atomic E-state index is 9.52. The molecule has 0 saturated carbocycles. The first kappa shape index (κ1) is 14.3. The first-order valence-electron chi connectivity index (χ1n) is 7.18. The van der Waals surface area contributed by atoms with Crippen LogP contribution in [0.2, 0.25) is 0 Å². The molecule has 1 saturated heterocycles. The Morgan fingerprint density at radius 3 is 2.84 bits per heavy atom. The zero-order valence-electron chi connectivity index (χ0n) is 12.5. The van der Waals surface area contributed by atoms with Gasteiger partial charge in [-0.3, -0.25) is 4.68 Å². The topological polar surface area (TPSA) is 53.3 Å². The van der Waals surface area contributed by atoms with Gasteiger partial charge >= 0.3 is 0 Å². The van der Waals surface area contributed by atoms with Gasteiger partial charge in [-0.25, -0.2) is 0 Å². The summed E-state index contributed by atoms with van der Waals surface area (Å²) in [7, 11) is 1.99. The second kappa shape index (κ2) is 5.92. The number of nitrogens with zero attached hydrogens (tertiary/aromatic N) is 3. The largest absolute Gasteiger partial charge is 0.394 e. The summed E-state index contributed by atoms with van der Waals surface area (Å²) in [6, 6.07) is 0.701. The van der Waals surface area contributed by atoms with Gasteiger partial charge in [0.2, 0.25) is 0 Å². The number of aryl methyl sites for hydroxylation is 2. The highest BCUT2D eigenvalue weighted by molar-refractivity contribution is 5.52. The van der Waals surface area contributed by atoms with Gasteiger partial charge in [0.15, 0.2) is 0 Å². The Balaban J connectivity index is 2.27. The van der Waals surface area contributed by atoms with E-state index in [0.717, 1.165) is 31.6 Å². The van der Waals surface area contributed by atoms with E-state index >= 15 is 0 Å². The van der Waals surface area contributed by atoms with Crippen LogP contribution in [-0.4, -0.2) is 40.1 Å². The quantitative estimate of drug-likeness (QED) is 0.840. The van der Waals surface area contributed by atoms with E-state index in [2.05, 4.69) is 36.1 Å². The lowest BCUT2D eigenvalue weighted by Crippen LogP contribution is -2.35. The molecule has 2 N–H and O–H groups in total. The highest BCUT2D eigenvalue weighted by Gasteiger charge is 2.29. The monoisotopic (exact) mass is 266 g/mol. The fraction of sp³-hybridized carbons (Fsp3) is 0.786. The molecular formula is C14H26N4O. The third-order valence-electron chi connectivity index (χ3n) is 3.86. The molecule has 1 aliphatic rings. The number of nitrogens with one attached hydrogen (secondary N) is 1. The van der Waals surface area contributed by atoms with Gasteiger partial charge in [0.05, 0.1) is 18.3 Å². The number of aliphatic hydroxyl groups excluding tert-OH is 1. The molecule has 1 aromatic rings. The zero-order chi connectivity index (χ0) is 14.0. The first-order chi connectivity index (χ1) is 9.04. The predicted octanol–water partition coefficient (Wildman–Crippen LogP) is 1.19. The Kier molecular flexibility index (Phi) is 4.47. The van der Waals surface area contributed by atoms with E-state index in [0.29, 0.717) is 6.04 Å². The van der Waals surface area contributed by atoms with Gasteiger partial charge in [0.1, 0.15) is 5.82 Å². The minimum atomic E-state index is 0.223. The van der Waals surface area contributed by atoms with Crippen LogP contribution in [0.4, 0.5) is 5.82 Å². The molecule has 2 heterocycles. The van der Waals surface area contributed by atoms with Gasteiger partial charge < -0.3 is 15.3 Å². The van der Waals surface area contributed by atoms with E-state index < -0.39 is 0 Å². The smallest absolute Gasteiger partial charge is 0.131 e. The SMILES string of the molecule is Cc1nn(C)c(N2CCCC2CO)c1CNC(C)C. The molecule has 0 spiro atoms. The fourth-order valence-electron chi connectivity index (χ4n) is 2.87. The van der Waals surface area contributed by atoms with E-state index in [9.17, 15) is 5.11 Å². The van der Waals surface area contributed by atoms with Gasteiger partial charge in [-0.1, -0.05) is 13.8 Å². The molecule has 108 valence electrons. The Bertz CT molecular complexity index is 427. The highest BCUT2D eigenvalue weighted by atomic mass is 16.3. The highest BCUT2D eigenvalue weighted by Crippen LogP contribution is 2.30. The molecule has 5 heteroatoms. The molecule has 0 bridgehead atoms. The standard InChI is InChI=1S/C14H26N4O/c1-10(2)15-8-13-11(3)16-17(4)14(13)18-7-5-6-12(18)9-19/h10,12,15,19H,5-9H2,1-4H3. The summed E-state index contributed by atoms with van der Waals surface area (Å²) in [6.45, 7) is 8.43. The van der Waals surface area contributed by atoms with Crippen LogP contribution >= 0.6 is 0 Å². The van der Waals surface area contributed by atoms with Crippen molar-refractivity contribution in [3.63, 3.8) is 0 Å². The van der Waals surface area contributed by atoms with Crippen molar-refractivity contribution in [3.05, 3.63) is 11.3 Å². The zero-order valence-corrected chi connectivity index (χ0v) is 12.5. The average Bonchev–Trinajstić information content (AvgIpc) is 2.90. The molecule has 1 fully saturated rings. The molecule has 1 atom stereocenters. The molecule has 0 aliphatic carbocycles. The second-order valence-corrected chi connectivity index (χ2v) is 5.72. The molecule has 2 rings (SSSR count). The number of aliphatic hydroxyl groups is 1. The third kappa shape index (κ3) is 2.92. The molecular weight excluding hydrogens is 240 g/mol. The van der Waals surface area contributed by atoms with Crippen LogP contribution in [0, 0.1) is 6.92 Å². The summed E-state index contributed by atoms with van der Waals surface area (Å²) in [6.07, 6.45) is 2.21. The van der Waals surface area contributed by atoms with Gasteiger partial charge in [-0.2, -0.15) is 5.10 Å². The summed E-state index contributed by atoms with van der Waals surface area (Å²) >= 11 is 0. The summed E-state index contributed by atoms with van der Waals surface area (Å²) in [5, 5.41) is 17.5. The fourth-order valence-corrected chi connectivity index (χ4v) is 2.87. The van der Waals surface area contributed by atoms with Gasteiger partial charge in [-0.15, -0.1) is 0 Å². The lowest BCUT2D eigenvalue weighted by molar-refractivity contribution is 0.265. The van der Waals surface area contributed by atoms with Crippen LogP contribution in [0.5, 0.6) is 0 Å². The van der Waals surface area contributed by atoms with Crippen molar-refractivity contribution in [1.82, 2.24) is 15.1 Å². The lowest BCUT2D eigenvalue weighted by Gasteiger charge is -2.26. The minimum absolute atomic E-state index is 0.223. The average molecular weight is 266 g/mol. The van der Waals surface area contributed by atoms with Crippen molar-refractivity contribution in [3.8, 4) is 0 Å². The van der Waals surface area contributed by atoms with Gasteiger partial charge in [0, 0.05) is 31.7 Å². The molecule has 0 aromatic carbocycles. The summed E-state index contributed by atoms with van der Waals surface area (Å²) < 4.78 is 1.96. The van der Waals surface area contributed by atoms with Crippen molar-refractivity contribution in [2.45, 2.75) is 52.2 Å². The Morgan fingerprint density at radius 1 is 1.47 bits per heavy atom. The van der Waals surface area contributed by atoms with E-state index in [4.69, 9.17) is 0 Å². The Labute approximate surface area is 115 Å². The normalized spacial score (nSPS) is 19.7. The minimum Gasteiger partial charge on any atom is -0.394 e. The van der Waals surface area contributed by atoms with Crippen LogP contribution < -0.4 is 10.2 Å². The molecule has 5 nitrogen and oxygen atoms in total. The molecule has 19 heavy (non-hydrogen) atoms. The van der Waals surface area contributed by atoms with Crippen LogP contribution in [0.3, 0.4) is 0 Å². The molecule has 1 aromatic heterocycles. The Hall–Kier alpha value is -1.07. The van der Waals surface area contributed by atoms with Crippen molar-refractivity contribution < 1.29 is 5.11 Å². The Morgan fingerprint density at radius 2 is 2.21 bits per heavy atom. The van der Waals surface area contributed by atoms with Crippen LogP contribution in [0.25, 0.3) is 0 Å². The number of hydrogen-bond acceptors (Lipinski definition) is 4. The van der Waals surface area contributed by atoms with Crippen LogP contribution in [0.15, 0.2) is 0 Å². The molecule has 1 aliphatic heterocycles. The van der Waals surface area contributed by atoms with Gasteiger partial charge in [0.25, 0.3) is 0 Å². The van der Waals surface area contributed by atoms with Crippen molar-refractivity contribution >= 4 is 5.82 Å². The first-order valence-corrected chi connectivity index (χ1v) is 7.18. The van der Waals surface area contributed by atoms with E-state index in [1.165, 1.54) is 11.4 Å². The summed E-state index contributed by atoms with van der Waals surface area (Å²) in [5.41, 5.74) is 2.34. The number of rotatable bonds is 5. The van der Waals surface area contributed by atoms with Crippen LogP contribution in [-0.2, 0) is 13.6 Å². The van der Waals surface area contributed by atoms with E-state index in [1.807, 2.05) is 11.7 Å². The summed E-state index contributed by atoms with van der Waals surface area (Å²) in [5.74, 6) is 1.17. The summed E-state index contributed by atoms with van der Waals surface area (Å²) in [4.78, 5) is 2.32. The maximum absolute atomic E-state index is 9.52. The maximum Gasteiger partial charge on any atom is 0.131 e. The lowest BCUT2D eigenvalue weighted by atomic mass is 10.2. The van der Waals surface area contributed by atoms with Gasteiger partial charge in [-0.05, 0) is 19.8 Å².